The Morgan fingerprint density at radius 3 is 2.57 bits per heavy atom. The van der Waals surface area contributed by atoms with E-state index < -0.39 is 24.3 Å². The molecule has 1 atom stereocenters. The number of methoxy groups -OCH3 is 2. The third-order valence-corrected chi connectivity index (χ3v) is 5.38. The van der Waals surface area contributed by atoms with E-state index in [9.17, 15) is 14.4 Å². The molecule has 2 aromatic rings. The van der Waals surface area contributed by atoms with E-state index in [2.05, 4.69) is 0 Å². The molecular weight excluding hydrogens is 386 g/mol. The molecule has 0 saturated carbocycles. The maximum Gasteiger partial charge on any atom is 0.311 e. The van der Waals surface area contributed by atoms with Crippen molar-refractivity contribution in [2.24, 2.45) is 5.92 Å². The SMILES string of the molecule is COc1ccc(OC)c(C(=O)COC(=O)[C@H]2CC(=O)N(c3cccc(C)c3C)C2)c1. The van der Waals surface area contributed by atoms with Gasteiger partial charge in [-0.1, -0.05) is 12.1 Å². The number of Topliss-reactive ketones (excluding diaryl/α,β-unsaturated/α-hetero) is 1. The molecule has 1 aliphatic rings. The van der Waals surface area contributed by atoms with Gasteiger partial charge in [0.05, 0.1) is 25.7 Å². The molecule has 158 valence electrons. The number of ketones is 1. The molecule has 0 aliphatic carbocycles. The van der Waals surface area contributed by atoms with Crippen LogP contribution in [0.3, 0.4) is 0 Å². The van der Waals surface area contributed by atoms with Gasteiger partial charge >= 0.3 is 5.97 Å². The van der Waals surface area contributed by atoms with Gasteiger partial charge in [0.15, 0.2) is 6.61 Å². The van der Waals surface area contributed by atoms with Gasteiger partial charge in [-0.05, 0) is 49.2 Å². The molecule has 0 spiro atoms. The van der Waals surface area contributed by atoms with Crippen LogP contribution in [0.4, 0.5) is 5.69 Å². The van der Waals surface area contributed by atoms with Gasteiger partial charge in [0.25, 0.3) is 0 Å². The fraction of sp³-hybridized carbons (Fsp3) is 0.348. The minimum Gasteiger partial charge on any atom is -0.497 e. The van der Waals surface area contributed by atoms with Crippen LogP contribution < -0.4 is 14.4 Å². The first-order valence-electron chi connectivity index (χ1n) is 9.64. The molecule has 0 bridgehead atoms. The number of ether oxygens (including phenoxy) is 3. The van der Waals surface area contributed by atoms with Gasteiger partial charge in [0, 0.05) is 18.7 Å². The highest BCUT2D eigenvalue weighted by Crippen LogP contribution is 2.30. The second kappa shape index (κ2) is 8.98. The van der Waals surface area contributed by atoms with Gasteiger partial charge in [-0.15, -0.1) is 0 Å². The van der Waals surface area contributed by atoms with Crippen LogP contribution in [-0.4, -0.2) is 45.0 Å². The lowest BCUT2D eigenvalue weighted by molar-refractivity contribution is -0.147. The molecule has 3 rings (SSSR count). The molecule has 1 fully saturated rings. The molecule has 1 aliphatic heterocycles. The summed E-state index contributed by atoms with van der Waals surface area (Å²) in [6.45, 7) is 3.72. The molecule has 0 N–H and O–H groups in total. The Kier molecular flexibility index (Phi) is 6.40. The van der Waals surface area contributed by atoms with E-state index in [1.165, 1.54) is 20.3 Å². The molecule has 2 aromatic carbocycles. The number of rotatable bonds is 7. The van der Waals surface area contributed by atoms with Crippen LogP contribution in [0.2, 0.25) is 0 Å². The Morgan fingerprint density at radius 1 is 1.10 bits per heavy atom. The number of esters is 1. The Hall–Kier alpha value is -3.35. The van der Waals surface area contributed by atoms with Gasteiger partial charge in [-0.2, -0.15) is 0 Å². The Balaban J connectivity index is 1.65. The van der Waals surface area contributed by atoms with Crippen molar-refractivity contribution < 1.29 is 28.6 Å². The molecule has 30 heavy (non-hydrogen) atoms. The van der Waals surface area contributed by atoms with Crippen LogP contribution in [0, 0.1) is 19.8 Å². The van der Waals surface area contributed by atoms with E-state index in [0.29, 0.717) is 11.5 Å². The molecule has 0 unspecified atom stereocenters. The highest BCUT2D eigenvalue weighted by atomic mass is 16.5. The highest BCUT2D eigenvalue weighted by molar-refractivity contribution is 6.02. The van der Waals surface area contributed by atoms with E-state index in [0.717, 1.165) is 16.8 Å². The van der Waals surface area contributed by atoms with E-state index in [-0.39, 0.29) is 24.4 Å². The zero-order valence-corrected chi connectivity index (χ0v) is 17.6. The molecule has 1 saturated heterocycles. The fourth-order valence-corrected chi connectivity index (χ4v) is 3.49. The number of benzene rings is 2. The van der Waals surface area contributed by atoms with Crippen molar-refractivity contribution in [2.45, 2.75) is 20.3 Å². The molecule has 0 aromatic heterocycles. The number of carbonyl (C=O) groups is 3. The Bertz CT molecular complexity index is 984. The topological polar surface area (TPSA) is 82.1 Å². The third-order valence-electron chi connectivity index (χ3n) is 5.38. The van der Waals surface area contributed by atoms with Crippen LogP contribution in [0.15, 0.2) is 36.4 Å². The number of amides is 1. The first-order valence-corrected chi connectivity index (χ1v) is 9.64. The van der Waals surface area contributed by atoms with Gasteiger partial charge in [0.2, 0.25) is 11.7 Å². The number of carbonyl (C=O) groups excluding carboxylic acids is 3. The largest absolute Gasteiger partial charge is 0.497 e. The summed E-state index contributed by atoms with van der Waals surface area (Å²) in [5, 5.41) is 0. The van der Waals surface area contributed by atoms with Crippen molar-refractivity contribution in [3.8, 4) is 11.5 Å². The summed E-state index contributed by atoms with van der Waals surface area (Å²) in [7, 11) is 2.95. The standard InChI is InChI=1S/C23H25NO6/c1-14-6-5-7-19(15(14)2)24-12-16(10-22(24)26)23(27)30-13-20(25)18-11-17(28-3)8-9-21(18)29-4/h5-9,11,16H,10,12-13H2,1-4H3/t16-/m0/s1. The Labute approximate surface area is 175 Å². The molecule has 1 amide bonds. The van der Waals surface area contributed by atoms with E-state index in [1.54, 1.807) is 17.0 Å². The molecule has 7 heteroatoms. The third kappa shape index (κ3) is 4.30. The van der Waals surface area contributed by atoms with E-state index >= 15 is 0 Å². The quantitative estimate of drug-likeness (QED) is 0.514. The molecule has 7 nitrogen and oxygen atoms in total. The van der Waals surface area contributed by atoms with Crippen LogP contribution in [0.1, 0.15) is 27.9 Å². The lowest BCUT2D eigenvalue weighted by Gasteiger charge is -2.20. The van der Waals surface area contributed by atoms with Crippen molar-refractivity contribution in [2.75, 3.05) is 32.3 Å². The number of aryl methyl sites for hydroxylation is 1. The number of hydrogen-bond acceptors (Lipinski definition) is 6. The van der Waals surface area contributed by atoms with Crippen molar-refractivity contribution in [3.05, 3.63) is 53.1 Å². The predicted octanol–water partition coefficient (Wildman–Crippen LogP) is 3.10. The average Bonchev–Trinajstić information content (AvgIpc) is 3.14. The summed E-state index contributed by atoms with van der Waals surface area (Å²) in [6, 6.07) is 10.6. The lowest BCUT2D eigenvalue weighted by atomic mass is 10.1. The molecule has 1 heterocycles. The number of nitrogens with zero attached hydrogens (tertiary/aromatic N) is 1. The maximum atomic E-state index is 12.6. The maximum absolute atomic E-state index is 12.6. The average molecular weight is 411 g/mol. The smallest absolute Gasteiger partial charge is 0.311 e. The van der Waals surface area contributed by atoms with Crippen LogP contribution in [0.5, 0.6) is 11.5 Å². The summed E-state index contributed by atoms with van der Waals surface area (Å²) >= 11 is 0. The number of anilines is 1. The number of hydrogen-bond donors (Lipinski definition) is 0. The minimum atomic E-state index is -0.614. The molecular formula is C23H25NO6. The predicted molar refractivity (Wildman–Crippen MR) is 111 cm³/mol. The second-order valence-electron chi connectivity index (χ2n) is 7.22. The zero-order chi connectivity index (χ0) is 21.8. The second-order valence-corrected chi connectivity index (χ2v) is 7.22. The summed E-state index contributed by atoms with van der Waals surface area (Å²) in [6.07, 6.45) is 0.0584. The van der Waals surface area contributed by atoms with Gasteiger partial charge in [0.1, 0.15) is 11.5 Å². The van der Waals surface area contributed by atoms with Crippen LogP contribution in [0.25, 0.3) is 0 Å². The summed E-state index contributed by atoms with van der Waals surface area (Å²) < 4.78 is 15.6. The van der Waals surface area contributed by atoms with Gasteiger partial charge in [-0.25, -0.2) is 0 Å². The van der Waals surface area contributed by atoms with Gasteiger partial charge < -0.3 is 19.1 Å². The van der Waals surface area contributed by atoms with E-state index in [4.69, 9.17) is 14.2 Å². The highest BCUT2D eigenvalue weighted by Gasteiger charge is 2.37. The van der Waals surface area contributed by atoms with Crippen molar-refractivity contribution in [1.29, 1.82) is 0 Å². The van der Waals surface area contributed by atoms with Crippen molar-refractivity contribution in [3.63, 3.8) is 0 Å². The summed E-state index contributed by atoms with van der Waals surface area (Å²) in [5.41, 5.74) is 3.14. The lowest BCUT2D eigenvalue weighted by Crippen LogP contribution is -2.28. The normalized spacial score (nSPS) is 15.8. The van der Waals surface area contributed by atoms with Gasteiger partial charge in [-0.3, -0.25) is 14.4 Å². The zero-order valence-electron chi connectivity index (χ0n) is 17.6. The molecule has 0 radical (unpaired) electrons. The minimum absolute atomic E-state index is 0.0584. The first-order chi connectivity index (χ1) is 14.3. The monoisotopic (exact) mass is 411 g/mol. The van der Waals surface area contributed by atoms with Crippen LogP contribution >= 0.6 is 0 Å². The van der Waals surface area contributed by atoms with Crippen molar-refractivity contribution >= 4 is 23.3 Å². The fourth-order valence-electron chi connectivity index (χ4n) is 3.49. The van der Waals surface area contributed by atoms with Crippen LogP contribution in [-0.2, 0) is 14.3 Å². The summed E-state index contributed by atoms with van der Waals surface area (Å²) in [4.78, 5) is 39.2. The van der Waals surface area contributed by atoms with E-state index in [1.807, 2.05) is 32.0 Å². The van der Waals surface area contributed by atoms with Crippen molar-refractivity contribution in [1.82, 2.24) is 0 Å². The summed E-state index contributed by atoms with van der Waals surface area (Å²) in [5.74, 6) is -0.852. The first kappa shape index (κ1) is 21.4. The Morgan fingerprint density at radius 2 is 1.87 bits per heavy atom.